The number of hydrogen-bond acceptors (Lipinski definition) is 7. The molecule has 11 heteroatoms. The second-order valence-corrected chi connectivity index (χ2v) is 6.73. The molecule has 0 saturated carbocycles. The summed E-state index contributed by atoms with van der Waals surface area (Å²) >= 11 is 0. The zero-order valence-electron chi connectivity index (χ0n) is 13.1. The van der Waals surface area contributed by atoms with E-state index in [0.717, 1.165) is 12.1 Å². The number of nitrogens with one attached hydrogen (secondary N) is 2. The molecule has 0 atom stereocenters. The first-order valence-corrected chi connectivity index (χ1v) is 8.69. The summed E-state index contributed by atoms with van der Waals surface area (Å²) in [5.74, 6) is -1.01. The Morgan fingerprint density at radius 3 is 2.28 bits per heavy atom. The van der Waals surface area contributed by atoms with Crippen molar-refractivity contribution in [2.24, 2.45) is 10.8 Å². The Bertz CT molecular complexity index is 822. The first-order chi connectivity index (χ1) is 11.7. The predicted molar refractivity (Wildman–Crippen MR) is 90.0 cm³/mol. The molecule has 134 valence electrons. The summed E-state index contributed by atoms with van der Waals surface area (Å²) < 4.78 is 30.9. The predicted octanol–water partition coefficient (Wildman–Crippen LogP) is -0.171. The molecule has 25 heavy (non-hydrogen) atoms. The molecule has 1 fully saturated rings. The fourth-order valence-electron chi connectivity index (χ4n) is 2.18. The lowest BCUT2D eigenvalue weighted by Crippen LogP contribution is -2.46. The molecule has 1 aromatic carbocycles. The maximum absolute atomic E-state index is 11.6. The number of carbonyl (C=O) groups is 2. The number of nitrogens with two attached hydrogens (primary N) is 1. The van der Waals surface area contributed by atoms with Crippen LogP contribution in [0.25, 0.3) is 0 Å². The van der Waals surface area contributed by atoms with Crippen LogP contribution in [0.15, 0.2) is 34.3 Å². The van der Waals surface area contributed by atoms with E-state index in [0.29, 0.717) is 31.6 Å². The number of likely N-dealkylation sites (tertiary alicyclic amines) is 1. The number of benzene rings is 1. The van der Waals surface area contributed by atoms with Gasteiger partial charge in [0.25, 0.3) is 16.0 Å². The molecule has 1 aliphatic heterocycles. The van der Waals surface area contributed by atoms with Crippen LogP contribution in [0, 0.1) is 5.41 Å². The summed E-state index contributed by atoms with van der Waals surface area (Å²) in [6.45, 7) is 0.625. The van der Waals surface area contributed by atoms with Gasteiger partial charge < -0.3 is 10.6 Å². The fraction of sp³-hybridized carbons (Fsp3) is 0.286. The number of amidine groups is 1. The molecule has 0 aromatic heterocycles. The van der Waals surface area contributed by atoms with Crippen LogP contribution in [-0.4, -0.2) is 54.2 Å². The molecule has 5 N–H and O–H groups in total. The van der Waals surface area contributed by atoms with Crippen LogP contribution in [0.3, 0.4) is 0 Å². The molecule has 0 radical (unpaired) electrons. The maximum Gasteiger partial charge on any atom is 0.294 e. The van der Waals surface area contributed by atoms with Crippen LogP contribution >= 0.6 is 0 Å². The standard InChI is InChI=1S/C14H17N5O5S/c15-13(19-7-5-10(20)6-8-19)12(14(16)21)18-17-9-1-3-11(4-2-9)25(22,23)24/h1-4,15,17H,5-8H2,(H2,16,21)(H,22,23,24)/b15-13?,18-12-. The summed E-state index contributed by atoms with van der Waals surface area (Å²) in [7, 11) is -4.30. The Labute approximate surface area is 143 Å². The Hall–Kier alpha value is -2.79. The molecule has 1 aromatic rings. The van der Waals surface area contributed by atoms with E-state index in [1.807, 2.05) is 0 Å². The van der Waals surface area contributed by atoms with Crippen molar-refractivity contribution < 1.29 is 22.6 Å². The minimum Gasteiger partial charge on any atom is -0.364 e. The first-order valence-electron chi connectivity index (χ1n) is 7.25. The van der Waals surface area contributed by atoms with Gasteiger partial charge in [0.05, 0.1) is 10.6 Å². The monoisotopic (exact) mass is 367 g/mol. The molecular weight excluding hydrogens is 350 g/mol. The SMILES string of the molecule is N=C(/C(=N/Nc1ccc(S(=O)(=O)O)cc1)C(N)=O)N1CCC(=O)CC1. The molecule has 1 saturated heterocycles. The number of amides is 1. The summed E-state index contributed by atoms with van der Waals surface area (Å²) in [4.78, 5) is 24.1. The van der Waals surface area contributed by atoms with Crippen molar-refractivity contribution in [3.8, 4) is 0 Å². The fourth-order valence-corrected chi connectivity index (χ4v) is 2.66. The molecule has 0 bridgehead atoms. The van der Waals surface area contributed by atoms with Crippen molar-refractivity contribution in [1.29, 1.82) is 5.41 Å². The Morgan fingerprint density at radius 2 is 1.80 bits per heavy atom. The van der Waals surface area contributed by atoms with Crippen molar-refractivity contribution >= 4 is 39.0 Å². The highest BCUT2D eigenvalue weighted by atomic mass is 32.2. The minimum atomic E-state index is -4.30. The second kappa shape index (κ2) is 7.40. The van der Waals surface area contributed by atoms with Crippen molar-refractivity contribution in [2.75, 3.05) is 18.5 Å². The summed E-state index contributed by atoms with van der Waals surface area (Å²) in [5.41, 5.74) is 7.78. The van der Waals surface area contributed by atoms with E-state index in [9.17, 15) is 18.0 Å². The van der Waals surface area contributed by atoms with Crippen LogP contribution in [0.4, 0.5) is 5.69 Å². The van der Waals surface area contributed by atoms with Gasteiger partial charge >= 0.3 is 0 Å². The third-order valence-electron chi connectivity index (χ3n) is 3.54. The van der Waals surface area contributed by atoms with Crippen molar-refractivity contribution in [3.63, 3.8) is 0 Å². The van der Waals surface area contributed by atoms with Crippen LogP contribution in [0.5, 0.6) is 0 Å². The van der Waals surface area contributed by atoms with Gasteiger partial charge in [-0.05, 0) is 24.3 Å². The number of hydrogen-bond donors (Lipinski definition) is 4. The van der Waals surface area contributed by atoms with E-state index in [-0.39, 0.29) is 22.2 Å². The Balaban J connectivity index is 2.13. The Kier molecular flexibility index (Phi) is 5.49. The van der Waals surface area contributed by atoms with E-state index in [1.165, 1.54) is 17.0 Å². The summed E-state index contributed by atoms with van der Waals surface area (Å²) in [6, 6.07) is 4.96. The van der Waals surface area contributed by atoms with Gasteiger partial charge in [0.2, 0.25) is 0 Å². The van der Waals surface area contributed by atoms with Gasteiger partial charge in [-0.1, -0.05) is 0 Å². The lowest BCUT2D eigenvalue weighted by atomic mass is 10.1. The van der Waals surface area contributed by atoms with Gasteiger partial charge in [-0.25, -0.2) is 0 Å². The van der Waals surface area contributed by atoms with Gasteiger partial charge in [0.15, 0.2) is 11.5 Å². The van der Waals surface area contributed by atoms with Gasteiger partial charge in [-0.3, -0.25) is 25.0 Å². The average molecular weight is 367 g/mol. The van der Waals surface area contributed by atoms with Crippen molar-refractivity contribution in [1.82, 2.24) is 4.90 Å². The van der Waals surface area contributed by atoms with Gasteiger partial charge in [0.1, 0.15) is 5.78 Å². The number of carbonyl (C=O) groups excluding carboxylic acids is 2. The molecule has 1 heterocycles. The van der Waals surface area contributed by atoms with Gasteiger partial charge in [-0.15, -0.1) is 0 Å². The maximum atomic E-state index is 11.6. The number of Topliss-reactive ketones (excluding diaryl/α,β-unsaturated/α-hetero) is 1. The summed E-state index contributed by atoms with van der Waals surface area (Å²) in [6.07, 6.45) is 0.581. The lowest BCUT2D eigenvalue weighted by molar-refractivity contribution is -0.120. The molecule has 0 unspecified atom stereocenters. The number of anilines is 1. The molecule has 1 aliphatic rings. The van der Waals surface area contributed by atoms with Crippen LogP contribution < -0.4 is 11.2 Å². The highest BCUT2D eigenvalue weighted by molar-refractivity contribution is 7.85. The van der Waals surface area contributed by atoms with E-state index in [1.54, 1.807) is 0 Å². The quantitative estimate of drug-likeness (QED) is 0.242. The zero-order chi connectivity index (χ0) is 18.6. The van der Waals surface area contributed by atoms with Gasteiger partial charge in [-0.2, -0.15) is 13.5 Å². The number of piperidine rings is 1. The van der Waals surface area contributed by atoms with Crippen LogP contribution in [0.2, 0.25) is 0 Å². The molecular formula is C14H17N5O5S. The van der Waals surface area contributed by atoms with Crippen molar-refractivity contribution in [2.45, 2.75) is 17.7 Å². The van der Waals surface area contributed by atoms with E-state index in [2.05, 4.69) is 10.5 Å². The van der Waals surface area contributed by atoms with E-state index >= 15 is 0 Å². The van der Waals surface area contributed by atoms with Crippen LogP contribution in [0.1, 0.15) is 12.8 Å². The highest BCUT2D eigenvalue weighted by Crippen LogP contribution is 2.14. The van der Waals surface area contributed by atoms with E-state index in [4.69, 9.17) is 15.7 Å². The number of rotatable bonds is 5. The lowest BCUT2D eigenvalue weighted by Gasteiger charge is -2.28. The largest absolute Gasteiger partial charge is 0.364 e. The highest BCUT2D eigenvalue weighted by Gasteiger charge is 2.24. The number of nitrogens with zero attached hydrogens (tertiary/aromatic N) is 2. The molecule has 0 spiro atoms. The third kappa shape index (κ3) is 4.84. The zero-order valence-corrected chi connectivity index (χ0v) is 13.9. The van der Waals surface area contributed by atoms with Crippen LogP contribution in [-0.2, 0) is 19.7 Å². The molecule has 2 rings (SSSR count). The first kappa shape index (κ1) is 18.5. The summed E-state index contributed by atoms with van der Waals surface area (Å²) in [5, 5.41) is 11.9. The van der Waals surface area contributed by atoms with Crippen molar-refractivity contribution in [3.05, 3.63) is 24.3 Å². The Morgan fingerprint density at radius 1 is 1.24 bits per heavy atom. The minimum absolute atomic E-state index is 0.0960. The number of ketones is 1. The number of hydrazone groups is 1. The van der Waals surface area contributed by atoms with Gasteiger partial charge in [0, 0.05) is 25.9 Å². The topological polar surface area (TPSA) is 166 Å². The van der Waals surface area contributed by atoms with E-state index < -0.39 is 16.0 Å². The average Bonchev–Trinajstić information content (AvgIpc) is 2.55. The third-order valence-corrected chi connectivity index (χ3v) is 4.41. The molecule has 0 aliphatic carbocycles. The molecule has 1 amide bonds. The molecule has 10 nitrogen and oxygen atoms in total. The second-order valence-electron chi connectivity index (χ2n) is 5.31. The normalized spacial score (nSPS) is 15.8. The smallest absolute Gasteiger partial charge is 0.294 e. The number of primary amides is 1.